The van der Waals surface area contributed by atoms with Crippen molar-refractivity contribution in [3.05, 3.63) is 41.2 Å². The molecule has 1 fully saturated rings. The normalized spacial score (nSPS) is 23.4. The van der Waals surface area contributed by atoms with E-state index < -0.39 is 0 Å². The number of halogens is 1. The minimum atomic E-state index is 0.261. The fourth-order valence-electron chi connectivity index (χ4n) is 2.75. The summed E-state index contributed by atoms with van der Waals surface area (Å²) < 4.78 is 11.3. The van der Waals surface area contributed by atoms with Crippen molar-refractivity contribution in [2.45, 2.75) is 32.6 Å². The molecule has 1 saturated heterocycles. The second-order valence-corrected chi connectivity index (χ2v) is 6.04. The van der Waals surface area contributed by atoms with Crippen LogP contribution in [0.5, 0.6) is 0 Å². The van der Waals surface area contributed by atoms with Gasteiger partial charge in [0.05, 0.1) is 17.9 Å². The maximum Gasteiger partial charge on any atom is 0.226 e. The first kappa shape index (κ1) is 14.6. The first-order valence-corrected chi connectivity index (χ1v) is 7.56. The highest BCUT2D eigenvalue weighted by atomic mass is 35.5. The number of nitrogens with zero attached hydrogens (tertiary/aromatic N) is 2. The van der Waals surface area contributed by atoms with Gasteiger partial charge in [0, 0.05) is 30.2 Å². The molecule has 2 atom stereocenters. The van der Waals surface area contributed by atoms with Gasteiger partial charge >= 0.3 is 0 Å². The van der Waals surface area contributed by atoms with Crippen molar-refractivity contribution < 1.29 is 9.15 Å². The first-order chi connectivity index (χ1) is 10.1. The Hall–Kier alpha value is -1.36. The standard InChI is InChI=1S/C16H19ClN2O2/c1-11-7-19(8-12(2)21-11)9-15-10-20-16(18-15)13-3-5-14(17)6-4-13/h3-6,10-12H,7-9H2,1-2H3. The molecule has 1 aromatic heterocycles. The lowest BCUT2D eigenvalue weighted by molar-refractivity contribution is -0.0707. The van der Waals surface area contributed by atoms with Crippen LogP contribution in [0.15, 0.2) is 34.9 Å². The van der Waals surface area contributed by atoms with Gasteiger partial charge in [-0.2, -0.15) is 0 Å². The molecule has 21 heavy (non-hydrogen) atoms. The van der Waals surface area contributed by atoms with E-state index in [2.05, 4.69) is 23.7 Å². The molecule has 0 bridgehead atoms. The van der Waals surface area contributed by atoms with Gasteiger partial charge in [-0.25, -0.2) is 4.98 Å². The number of benzene rings is 1. The Morgan fingerprint density at radius 3 is 2.52 bits per heavy atom. The van der Waals surface area contributed by atoms with Crippen LogP contribution >= 0.6 is 11.6 Å². The van der Waals surface area contributed by atoms with Gasteiger partial charge in [0.25, 0.3) is 0 Å². The first-order valence-electron chi connectivity index (χ1n) is 7.18. The number of ether oxygens (including phenoxy) is 1. The van der Waals surface area contributed by atoms with E-state index >= 15 is 0 Å². The number of aromatic nitrogens is 1. The lowest BCUT2D eigenvalue weighted by Crippen LogP contribution is -2.44. The monoisotopic (exact) mass is 306 g/mol. The third-order valence-corrected chi connectivity index (χ3v) is 3.78. The molecule has 1 aliphatic rings. The number of oxazole rings is 1. The van der Waals surface area contributed by atoms with Crippen molar-refractivity contribution in [1.29, 1.82) is 0 Å². The molecule has 0 aliphatic carbocycles. The summed E-state index contributed by atoms with van der Waals surface area (Å²) in [6, 6.07) is 7.51. The zero-order chi connectivity index (χ0) is 14.8. The number of morpholine rings is 1. The molecule has 1 aliphatic heterocycles. The minimum absolute atomic E-state index is 0.261. The van der Waals surface area contributed by atoms with Crippen LogP contribution in [0.1, 0.15) is 19.5 Å². The van der Waals surface area contributed by atoms with Gasteiger partial charge < -0.3 is 9.15 Å². The Bertz CT molecular complexity index is 587. The highest BCUT2D eigenvalue weighted by Gasteiger charge is 2.23. The van der Waals surface area contributed by atoms with Crippen molar-refractivity contribution in [2.24, 2.45) is 0 Å². The predicted octanol–water partition coefficient (Wildman–Crippen LogP) is 3.60. The fraction of sp³-hybridized carbons (Fsp3) is 0.438. The Kier molecular flexibility index (Phi) is 4.29. The van der Waals surface area contributed by atoms with Gasteiger partial charge in [0.1, 0.15) is 6.26 Å². The SMILES string of the molecule is CC1CN(Cc2coc(-c3ccc(Cl)cc3)n2)CC(C)O1. The molecule has 0 spiro atoms. The molecular formula is C16H19ClN2O2. The van der Waals surface area contributed by atoms with E-state index in [4.69, 9.17) is 20.8 Å². The fourth-order valence-corrected chi connectivity index (χ4v) is 2.87. The van der Waals surface area contributed by atoms with Crippen LogP contribution in [0.3, 0.4) is 0 Å². The molecule has 1 aromatic carbocycles. The van der Waals surface area contributed by atoms with Crippen LogP contribution in [0.2, 0.25) is 5.02 Å². The topological polar surface area (TPSA) is 38.5 Å². The van der Waals surface area contributed by atoms with E-state index in [1.54, 1.807) is 6.26 Å². The lowest BCUT2D eigenvalue weighted by atomic mass is 10.2. The van der Waals surface area contributed by atoms with Gasteiger partial charge in [-0.05, 0) is 38.1 Å². The summed E-state index contributed by atoms with van der Waals surface area (Å²) in [6.45, 7) is 6.84. The second kappa shape index (κ2) is 6.18. The molecule has 4 nitrogen and oxygen atoms in total. The third kappa shape index (κ3) is 3.64. The Labute approximate surface area is 129 Å². The van der Waals surface area contributed by atoms with Crippen LogP contribution in [-0.2, 0) is 11.3 Å². The van der Waals surface area contributed by atoms with Crippen LogP contribution in [0.25, 0.3) is 11.5 Å². The van der Waals surface area contributed by atoms with Gasteiger partial charge in [-0.1, -0.05) is 11.6 Å². The van der Waals surface area contributed by atoms with Crippen molar-refractivity contribution in [3.63, 3.8) is 0 Å². The number of hydrogen-bond acceptors (Lipinski definition) is 4. The average Bonchev–Trinajstić information content (AvgIpc) is 2.87. The van der Waals surface area contributed by atoms with E-state index in [1.165, 1.54) is 0 Å². The molecular weight excluding hydrogens is 288 g/mol. The summed E-state index contributed by atoms with van der Waals surface area (Å²) in [7, 11) is 0. The van der Waals surface area contributed by atoms with Crippen molar-refractivity contribution >= 4 is 11.6 Å². The molecule has 0 radical (unpaired) electrons. The van der Waals surface area contributed by atoms with E-state index in [9.17, 15) is 0 Å². The Morgan fingerprint density at radius 1 is 1.19 bits per heavy atom. The molecule has 5 heteroatoms. The molecule has 3 rings (SSSR count). The van der Waals surface area contributed by atoms with Crippen molar-refractivity contribution in [3.8, 4) is 11.5 Å². The second-order valence-electron chi connectivity index (χ2n) is 5.60. The van der Waals surface area contributed by atoms with E-state index in [1.807, 2.05) is 24.3 Å². The van der Waals surface area contributed by atoms with Gasteiger partial charge in [-0.15, -0.1) is 0 Å². The largest absolute Gasteiger partial charge is 0.444 e. The lowest BCUT2D eigenvalue weighted by Gasteiger charge is -2.34. The minimum Gasteiger partial charge on any atom is -0.444 e. The highest BCUT2D eigenvalue weighted by molar-refractivity contribution is 6.30. The van der Waals surface area contributed by atoms with Crippen molar-refractivity contribution in [1.82, 2.24) is 9.88 Å². The molecule has 0 saturated carbocycles. The van der Waals surface area contributed by atoms with Crippen LogP contribution < -0.4 is 0 Å². The molecule has 112 valence electrons. The molecule has 0 amide bonds. The van der Waals surface area contributed by atoms with Gasteiger partial charge in [0.15, 0.2) is 0 Å². The van der Waals surface area contributed by atoms with Crippen LogP contribution in [0.4, 0.5) is 0 Å². The number of hydrogen-bond donors (Lipinski definition) is 0. The summed E-state index contributed by atoms with van der Waals surface area (Å²) in [5, 5.41) is 0.710. The van der Waals surface area contributed by atoms with E-state index in [0.717, 1.165) is 30.9 Å². The summed E-state index contributed by atoms with van der Waals surface area (Å²) in [5.74, 6) is 0.635. The molecule has 2 aromatic rings. The van der Waals surface area contributed by atoms with Crippen molar-refractivity contribution in [2.75, 3.05) is 13.1 Å². The Morgan fingerprint density at radius 2 is 1.86 bits per heavy atom. The maximum atomic E-state index is 5.89. The predicted molar refractivity (Wildman–Crippen MR) is 82.2 cm³/mol. The zero-order valence-electron chi connectivity index (χ0n) is 12.3. The highest BCUT2D eigenvalue weighted by Crippen LogP contribution is 2.22. The van der Waals surface area contributed by atoms with Gasteiger partial charge in [0.2, 0.25) is 5.89 Å². The third-order valence-electron chi connectivity index (χ3n) is 3.52. The van der Waals surface area contributed by atoms with Crippen LogP contribution in [-0.4, -0.2) is 35.2 Å². The Balaban J connectivity index is 1.69. The average molecular weight is 307 g/mol. The molecule has 2 unspecified atom stereocenters. The maximum absolute atomic E-state index is 5.89. The molecule has 0 N–H and O–H groups in total. The van der Waals surface area contributed by atoms with Crippen LogP contribution in [0, 0.1) is 0 Å². The summed E-state index contributed by atoms with van der Waals surface area (Å²) in [4.78, 5) is 6.91. The number of rotatable bonds is 3. The zero-order valence-corrected chi connectivity index (χ0v) is 13.0. The van der Waals surface area contributed by atoms with E-state index in [-0.39, 0.29) is 12.2 Å². The summed E-state index contributed by atoms with van der Waals surface area (Å²) in [6.07, 6.45) is 2.25. The summed E-state index contributed by atoms with van der Waals surface area (Å²) >= 11 is 5.89. The van der Waals surface area contributed by atoms with Gasteiger partial charge in [-0.3, -0.25) is 4.90 Å². The van der Waals surface area contributed by atoms with E-state index in [0.29, 0.717) is 10.9 Å². The molecule has 2 heterocycles. The smallest absolute Gasteiger partial charge is 0.226 e. The quantitative estimate of drug-likeness (QED) is 0.868. The summed E-state index contributed by atoms with van der Waals surface area (Å²) in [5.41, 5.74) is 1.88.